The van der Waals surface area contributed by atoms with Crippen LogP contribution in [0.5, 0.6) is 0 Å². The Morgan fingerprint density at radius 1 is 1.21 bits per heavy atom. The van der Waals surface area contributed by atoms with Gasteiger partial charge in [0.2, 0.25) is 0 Å². The molecule has 4 rings (SSSR count). The number of amides is 1. The Morgan fingerprint density at radius 3 is 2.75 bits per heavy atom. The highest BCUT2D eigenvalue weighted by Gasteiger charge is 2.33. The first-order chi connectivity index (χ1) is 11.0. The molecular weight excluding hydrogens is 326 g/mol. The molecule has 2 aromatic heterocycles. The fourth-order valence-corrected chi connectivity index (χ4v) is 3.96. The summed E-state index contributed by atoms with van der Waals surface area (Å²) in [5.74, 6) is 0.0735. The molecule has 0 spiro atoms. The van der Waals surface area contributed by atoms with Crippen LogP contribution in [0.3, 0.4) is 0 Å². The molecule has 2 bridgehead atoms. The highest BCUT2D eigenvalue weighted by molar-refractivity contribution is 6.01. The normalized spacial score (nSPS) is 23.2. The van der Waals surface area contributed by atoms with Crippen LogP contribution in [-0.2, 0) is 0 Å². The summed E-state index contributed by atoms with van der Waals surface area (Å²) in [6.07, 6.45) is 3.44. The van der Waals surface area contributed by atoms with E-state index in [4.69, 9.17) is 0 Å². The molecule has 2 aromatic rings. The lowest BCUT2D eigenvalue weighted by Crippen LogP contribution is -2.39. The largest absolute Gasteiger partial charge is 0.337 e. The number of aryl methyl sites for hydroxylation is 3. The van der Waals surface area contributed by atoms with Gasteiger partial charge in [0, 0.05) is 36.6 Å². The van der Waals surface area contributed by atoms with E-state index in [9.17, 15) is 4.79 Å². The van der Waals surface area contributed by atoms with Crippen LogP contribution in [0.15, 0.2) is 6.07 Å². The Bertz CT molecular complexity index is 787. The van der Waals surface area contributed by atoms with Crippen LogP contribution in [0.2, 0.25) is 0 Å². The van der Waals surface area contributed by atoms with Gasteiger partial charge in [0.25, 0.3) is 5.91 Å². The Kier molecular flexibility index (Phi) is 4.53. The van der Waals surface area contributed by atoms with Gasteiger partial charge < -0.3 is 10.2 Å². The molecular formula is C17H24ClN5O. The van der Waals surface area contributed by atoms with Crippen LogP contribution in [0.1, 0.15) is 46.7 Å². The third kappa shape index (κ3) is 2.78. The second-order valence-electron chi connectivity index (χ2n) is 6.91. The van der Waals surface area contributed by atoms with Crippen molar-refractivity contribution >= 4 is 24.0 Å². The summed E-state index contributed by atoms with van der Waals surface area (Å²) < 4.78 is 1.79. The maximum absolute atomic E-state index is 13.2. The first-order valence-corrected chi connectivity index (χ1v) is 8.42. The van der Waals surface area contributed by atoms with E-state index in [1.165, 1.54) is 12.8 Å². The van der Waals surface area contributed by atoms with Crippen molar-refractivity contribution in [2.24, 2.45) is 0 Å². The number of halogens is 1. The zero-order valence-electron chi connectivity index (χ0n) is 14.4. The van der Waals surface area contributed by atoms with E-state index in [0.29, 0.717) is 23.3 Å². The molecule has 6 nitrogen and oxygen atoms in total. The molecule has 7 heteroatoms. The van der Waals surface area contributed by atoms with Crippen molar-refractivity contribution in [3.63, 3.8) is 0 Å². The molecule has 0 aromatic carbocycles. The molecule has 2 aliphatic heterocycles. The van der Waals surface area contributed by atoms with Crippen molar-refractivity contribution in [2.45, 2.75) is 52.1 Å². The number of hydrogen-bond donors (Lipinski definition) is 1. The quantitative estimate of drug-likeness (QED) is 0.855. The predicted molar refractivity (Wildman–Crippen MR) is 94.9 cm³/mol. The average Bonchev–Trinajstić information content (AvgIpc) is 2.98. The molecule has 2 unspecified atom stereocenters. The minimum Gasteiger partial charge on any atom is -0.337 e. The van der Waals surface area contributed by atoms with Gasteiger partial charge in [-0.1, -0.05) is 0 Å². The minimum absolute atomic E-state index is 0. The Balaban J connectivity index is 0.00000169. The molecule has 130 valence electrons. The van der Waals surface area contributed by atoms with Gasteiger partial charge in [-0.2, -0.15) is 5.10 Å². The molecule has 24 heavy (non-hydrogen) atoms. The molecule has 0 saturated carbocycles. The fourth-order valence-electron chi connectivity index (χ4n) is 3.96. The van der Waals surface area contributed by atoms with E-state index in [1.54, 1.807) is 4.52 Å². The molecule has 2 aliphatic rings. The third-order valence-electron chi connectivity index (χ3n) is 5.09. The number of rotatable bonds is 1. The van der Waals surface area contributed by atoms with Crippen LogP contribution < -0.4 is 5.32 Å². The predicted octanol–water partition coefficient (Wildman–Crippen LogP) is 2.04. The van der Waals surface area contributed by atoms with Crippen molar-refractivity contribution in [1.82, 2.24) is 24.8 Å². The Hall–Kier alpha value is -1.66. The molecule has 1 N–H and O–H groups in total. The number of likely N-dealkylation sites (tertiary alicyclic amines) is 1. The van der Waals surface area contributed by atoms with Gasteiger partial charge in [0.1, 0.15) is 5.56 Å². The third-order valence-corrected chi connectivity index (χ3v) is 5.09. The van der Waals surface area contributed by atoms with E-state index < -0.39 is 0 Å². The monoisotopic (exact) mass is 349 g/mol. The van der Waals surface area contributed by atoms with Crippen LogP contribution in [0.25, 0.3) is 5.65 Å². The van der Waals surface area contributed by atoms with Crippen molar-refractivity contribution < 1.29 is 4.79 Å². The van der Waals surface area contributed by atoms with Crippen molar-refractivity contribution in [1.29, 1.82) is 0 Å². The highest BCUT2D eigenvalue weighted by atomic mass is 35.5. The summed E-state index contributed by atoms with van der Waals surface area (Å²) in [5, 5.41) is 8.15. The topological polar surface area (TPSA) is 62.5 Å². The van der Waals surface area contributed by atoms with Crippen molar-refractivity contribution in [3.8, 4) is 0 Å². The average molecular weight is 350 g/mol. The van der Waals surface area contributed by atoms with Gasteiger partial charge >= 0.3 is 0 Å². The van der Waals surface area contributed by atoms with E-state index >= 15 is 0 Å². The van der Waals surface area contributed by atoms with Gasteiger partial charge in [-0.3, -0.25) is 4.79 Å². The molecule has 4 heterocycles. The SMILES string of the molecule is Cc1cc(C)n2nc(C)c(C(=O)N3CCC4CCC(C3)N4)c2n1.Cl. The van der Waals surface area contributed by atoms with Crippen molar-refractivity contribution in [2.75, 3.05) is 13.1 Å². The van der Waals surface area contributed by atoms with E-state index in [1.807, 2.05) is 31.7 Å². The summed E-state index contributed by atoms with van der Waals surface area (Å²) in [7, 11) is 0. The van der Waals surface area contributed by atoms with Gasteiger partial charge in [-0.25, -0.2) is 9.50 Å². The lowest BCUT2D eigenvalue weighted by molar-refractivity contribution is 0.0749. The first-order valence-electron chi connectivity index (χ1n) is 8.42. The standard InChI is InChI=1S/C17H23N5O.ClH/c1-10-8-11(2)22-16(18-10)15(12(3)20-22)17(23)21-7-6-13-4-5-14(9-21)19-13;/h8,13-14,19H,4-7,9H2,1-3H3;1H. The van der Waals surface area contributed by atoms with E-state index in [0.717, 1.165) is 36.6 Å². The molecule has 0 aliphatic carbocycles. The summed E-state index contributed by atoms with van der Waals surface area (Å²) in [6, 6.07) is 3.00. The Labute approximate surface area is 148 Å². The van der Waals surface area contributed by atoms with Crippen LogP contribution in [0.4, 0.5) is 0 Å². The first kappa shape index (κ1) is 17.2. The second kappa shape index (κ2) is 6.33. The summed E-state index contributed by atoms with van der Waals surface area (Å²) >= 11 is 0. The van der Waals surface area contributed by atoms with Crippen molar-refractivity contribution in [3.05, 3.63) is 28.7 Å². The zero-order chi connectivity index (χ0) is 16.1. The minimum atomic E-state index is 0. The van der Waals surface area contributed by atoms with E-state index in [2.05, 4.69) is 15.4 Å². The number of hydrogen-bond acceptors (Lipinski definition) is 4. The number of carbonyl (C=O) groups excluding carboxylic acids is 1. The van der Waals surface area contributed by atoms with Gasteiger partial charge in [0.15, 0.2) is 5.65 Å². The summed E-state index contributed by atoms with van der Waals surface area (Å²) in [5.41, 5.74) is 4.03. The second-order valence-corrected chi connectivity index (χ2v) is 6.91. The van der Waals surface area contributed by atoms with E-state index in [-0.39, 0.29) is 18.3 Å². The maximum atomic E-state index is 13.2. The summed E-state index contributed by atoms with van der Waals surface area (Å²) in [4.78, 5) is 19.7. The molecule has 0 radical (unpaired) electrons. The fraction of sp³-hybridized carbons (Fsp3) is 0.588. The number of fused-ring (bicyclic) bond motifs is 3. The van der Waals surface area contributed by atoms with Crippen LogP contribution >= 0.6 is 12.4 Å². The molecule has 2 fully saturated rings. The molecule has 2 atom stereocenters. The molecule has 1 amide bonds. The smallest absolute Gasteiger partial charge is 0.259 e. The zero-order valence-corrected chi connectivity index (χ0v) is 15.2. The van der Waals surface area contributed by atoms with Gasteiger partial charge in [-0.05, 0) is 46.1 Å². The maximum Gasteiger partial charge on any atom is 0.259 e. The lowest BCUT2D eigenvalue weighted by Gasteiger charge is -2.24. The number of nitrogens with one attached hydrogen (secondary N) is 1. The number of carbonyl (C=O) groups is 1. The Morgan fingerprint density at radius 2 is 1.96 bits per heavy atom. The van der Waals surface area contributed by atoms with Crippen LogP contribution in [0, 0.1) is 20.8 Å². The highest BCUT2D eigenvalue weighted by Crippen LogP contribution is 2.24. The lowest BCUT2D eigenvalue weighted by atomic mass is 10.1. The number of aromatic nitrogens is 3. The number of nitrogens with zero attached hydrogens (tertiary/aromatic N) is 4. The summed E-state index contributed by atoms with van der Waals surface area (Å²) in [6.45, 7) is 7.46. The van der Waals surface area contributed by atoms with Crippen LogP contribution in [-0.4, -0.2) is 50.6 Å². The van der Waals surface area contributed by atoms with Gasteiger partial charge in [0.05, 0.1) is 5.69 Å². The van der Waals surface area contributed by atoms with Gasteiger partial charge in [-0.15, -0.1) is 12.4 Å². The molecule has 2 saturated heterocycles.